The Morgan fingerprint density at radius 3 is 3.08 bits per heavy atom. The molecule has 0 spiro atoms. The Kier molecular flexibility index (Phi) is 4.64. The molecule has 1 aliphatic heterocycles. The molecule has 1 aliphatic carbocycles. The largest absolute Gasteiger partial charge is 0.493 e. The number of hydrogen-bond acceptors (Lipinski definition) is 3. The van der Waals surface area contributed by atoms with Gasteiger partial charge >= 0.3 is 0 Å². The Hall–Kier alpha value is -2.25. The van der Waals surface area contributed by atoms with Crippen LogP contribution < -0.4 is 10.5 Å². The smallest absolute Gasteiger partial charge is 0.234 e. The van der Waals surface area contributed by atoms with Gasteiger partial charge < -0.3 is 15.4 Å². The topological polar surface area (TPSA) is 55.6 Å². The molecule has 0 aromatic heterocycles. The lowest BCUT2D eigenvalue weighted by atomic mass is 9.89. The van der Waals surface area contributed by atoms with E-state index in [9.17, 15) is 4.79 Å². The first-order valence-corrected chi connectivity index (χ1v) is 8.43. The first-order valence-electron chi connectivity index (χ1n) is 8.43. The van der Waals surface area contributed by atoms with E-state index in [-0.39, 0.29) is 11.8 Å². The zero-order valence-electron chi connectivity index (χ0n) is 14.2. The van der Waals surface area contributed by atoms with E-state index in [1.54, 1.807) is 17.9 Å². The van der Waals surface area contributed by atoms with E-state index in [1.165, 1.54) is 5.56 Å². The maximum atomic E-state index is 13.3. The minimum Gasteiger partial charge on any atom is -0.493 e. The van der Waals surface area contributed by atoms with Gasteiger partial charge in [-0.05, 0) is 43.0 Å². The molecular weight excluding hydrogens is 300 g/mol. The predicted octanol–water partition coefficient (Wildman–Crippen LogP) is 1.88. The summed E-state index contributed by atoms with van der Waals surface area (Å²) in [5, 5.41) is 0. The molecule has 1 aromatic rings. The molecule has 4 nitrogen and oxygen atoms in total. The molecule has 1 saturated carbocycles. The Morgan fingerprint density at radius 1 is 1.58 bits per heavy atom. The van der Waals surface area contributed by atoms with Crippen LogP contribution >= 0.6 is 0 Å². The van der Waals surface area contributed by atoms with Gasteiger partial charge in [-0.25, -0.2) is 0 Å². The van der Waals surface area contributed by atoms with Crippen molar-refractivity contribution in [2.45, 2.75) is 25.2 Å². The zero-order valence-corrected chi connectivity index (χ0v) is 14.2. The summed E-state index contributed by atoms with van der Waals surface area (Å²) >= 11 is 0. The average Bonchev–Trinajstić information content (AvgIpc) is 3.17. The van der Waals surface area contributed by atoms with Crippen molar-refractivity contribution in [2.75, 3.05) is 26.2 Å². The summed E-state index contributed by atoms with van der Waals surface area (Å²) in [6, 6.07) is 6.14. The summed E-state index contributed by atoms with van der Waals surface area (Å²) in [7, 11) is 0. The number of hydrogen-bond donors (Lipinski definition) is 1. The maximum Gasteiger partial charge on any atom is 0.234 e. The highest BCUT2D eigenvalue weighted by atomic mass is 16.5. The van der Waals surface area contributed by atoms with Gasteiger partial charge in [0.1, 0.15) is 5.75 Å². The number of amides is 1. The van der Waals surface area contributed by atoms with Crippen LogP contribution in [0.5, 0.6) is 5.75 Å². The van der Waals surface area contributed by atoms with Crippen LogP contribution in [0.25, 0.3) is 0 Å². The van der Waals surface area contributed by atoms with Crippen molar-refractivity contribution in [3.63, 3.8) is 0 Å². The third-order valence-corrected chi connectivity index (χ3v) is 5.06. The monoisotopic (exact) mass is 324 g/mol. The van der Waals surface area contributed by atoms with Crippen LogP contribution in [0.1, 0.15) is 24.5 Å². The molecule has 0 saturated heterocycles. The molecule has 0 unspecified atom stereocenters. The highest BCUT2D eigenvalue weighted by Gasteiger charge is 2.61. The van der Waals surface area contributed by atoms with Crippen LogP contribution in [0, 0.1) is 17.8 Å². The first kappa shape index (κ1) is 16.6. The van der Waals surface area contributed by atoms with Crippen molar-refractivity contribution in [1.29, 1.82) is 0 Å². The van der Waals surface area contributed by atoms with Crippen molar-refractivity contribution in [3.8, 4) is 17.6 Å². The van der Waals surface area contributed by atoms with Gasteiger partial charge in [0.2, 0.25) is 5.91 Å². The molecule has 2 aliphatic rings. The van der Waals surface area contributed by atoms with Gasteiger partial charge in [0.15, 0.2) is 0 Å². The molecule has 0 bridgehead atoms. The van der Waals surface area contributed by atoms with Gasteiger partial charge in [0.05, 0.1) is 18.6 Å². The molecule has 2 atom stereocenters. The average molecular weight is 324 g/mol. The normalized spacial score (nSPS) is 23.5. The van der Waals surface area contributed by atoms with E-state index in [0.29, 0.717) is 26.2 Å². The molecule has 3 rings (SSSR count). The number of ether oxygens (including phenoxy) is 1. The van der Waals surface area contributed by atoms with E-state index in [0.717, 1.165) is 24.2 Å². The standard InChI is InChI=1S/C20H24N2O2/c1-3-5-10-22(9-4-2)19(23)20(13-17(20)14-21)16-6-7-18-15(12-16)8-11-24-18/h4,6-7,12,17H,2,8-11,13-14,21H2,1H3/t17-,20+/m0/s1. The van der Waals surface area contributed by atoms with Crippen molar-refractivity contribution in [2.24, 2.45) is 11.7 Å². The Morgan fingerprint density at radius 2 is 2.42 bits per heavy atom. The van der Waals surface area contributed by atoms with Gasteiger partial charge in [-0.2, -0.15) is 0 Å². The van der Waals surface area contributed by atoms with E-state index >= 15 is 0 Å². The number of fused-ring (bicyclic) bond motifs is 1. The molecule has 24 heavy (non-hydrogen) atoms. The third-order valence-electron chi connectivity index (χ3n) is 5.06. The summed E-state index contributed by atoms with van der Waals surface area (Å²) in [5.74, 6) is 7.09. The van der Waals surface area contributed by atoms with Crippen LogP contribution in [0.2, 0.25) is 0 Å². The van der Waals surface area contributed by atoms with Gasteiger partial charge in [-0.1, -0.05) is 24.1 Å². The Labute approximate surface area is 143 Å². The minimum absolute atomic E-state index is 0.111. The van der Waals surface area contributed by atoms with Crippen LogP contribution in [0.3, 0.4) is 0 Å². The van der Waals surface area contributed by atoms with E-state index in [1.807, 2.05) is 12.1 Å². The minimum atomic E-state index is -0.509. The number of nitrogens with zero attached hydrogens (tertiary/aromatic N) is 1. The molecule has 0 radical (unpaired) electrons. The Balaban J connectivity index is 1.94. The van der Waals surface area contributed by atoms with Crippen molar-refractivity contribution in [1.82, 2.24) is 4.90 Å². The van der Waals surface area contributed by atoms with Crippen molar-refractivity contribution >= 4 is 5.91 Å². The van der Waals surface area contributed by atoms with Crippen LogP contribution in [0.4, 0.5) is 0 Å². The van der Waals surface area contributed by atoms with Crippen LogP contribution in [-0.2, 0) is 16.6 Å². The zero-order chi connectivity index (χ0) is 17.2. The van der Waals surface area contributed by atoms with Gasteiger partial charge in [-0.15, -0.1) is 12.5 Å². The fraction of sp³-hybridized carbons (Fsp3) is 0.450. The van der Waals surface area contributed by atoms with Gasteiger partial charge in [0, 0.05) is 13.0 Å². The summed E-state index contributed by atoms with van der Waals surface area (Å²) in [6.45, 7) is 7.71. The van der Waals surface area contributed by atoms with Crippen LogP contribution in [0.15, 0.2) is 30.9 Å². The van der Waals surface area contributed by atoms with E-state index in [2.05, 4.69) is 24.5 Å². The lowest BCUT2D eigenvalue weighted by molar-refractivity contribution is -0.133. The quantitative estimate of drug-likeness (QED) is 0.642. The molecule has 1 fully saturated rings. The SMILES string of the molecule is C=CCN(CC#CC)C(=O)[C@@]1(c2ccc3c(c2)CCO3)C[C@H]1CN. The molecule has 1 amide bonds. The summed E-state index contributed by atoms with van der Waals surface area (Å²) in [6.07, 6.45) is 3.45. The molecule has 1 heterocycles. The second-order valence-corrected chi connectivity index (χ2v) is 6.43. The van der Waals surface area contributed by atoms with E-state index < -0.39 is 5.41 Å². The Bertz CT molecular complexity index is 716. The molecule has 126 valence electrons. The fourth-order valence-corrected chi connectivity index (χ4v) is 3.65. The lowest BCUT2D eigenvalue weighted by Gasteiger charge is -2.26. The van der Waals surface area contributed by atoms with Crippen LogP contribution in [-0.4, -0.2) is 37.0 Å². The number of carbonyl (C=O) groups is 1. The van der Waals surface area contributed by atoms with Gasteiger partial charge in [0.25, 0.3) is 0 Å². The van der Waals surface area contributed by atoms with Crippen molar-refractivity contribution < 1.29 is 9.53 Å². The van der Waals surface area contributed by atoms with Gasteiger partial charge in [-0.3, -0.25) is 4.79 Å². The number of nitrogens with two attached hydrogens (primary N) is 1. The highest BCUT2D eigenvalue weighted by molar-refractivity contribution is 5.92. The third kappa shape index (κ3) is 2.70. The second kappa shape index (κ2) is 6.70. The second-order valence-electron chi connectivity index (χ2n) is 6.43. The maximum absolute atomic E-state index is 13.3. The molecule has 2 N–H and O–H groups in total. The predicted molar refractivity (Wildman–Crippen MR) is 94.7 cm³/mol. The fourth-order valence-electron chi connectivity index (χ4n) is 3.65. The first-order chi connectivity index (χ1) is 11.7. The number of carbonyl (C=O) groups excluding carboxylic acids is 1. The summed E-state index contributed by atoms with van der Waals surface area (Å²) in [5.41, 5.74) is 7.67. The molecular formula is C20H24N2O2. The highest BCUT2D eigenvalue weighted by Crippen LogP contribution is 2.55. The van der Waals surface area contributed by atoms with E-state index in [4.69, 9.17) is 10.5 Å². The number of rotatable bonds is 6. The summed E-state index contributed by atoms with van der Waals surface area (Å²) in [4.78, 5) is 15.1. The summed E-state index contributed by atoms with van der Waals surface area (Å²) < 4.78 is 5.59. The van der Waals surface area contributed by atoms with Crippen molar-refractivity contribution in [3.05, 3.63) is 42.0 Å². The number of benzene rings is 1. The lowest BCUT2D eigenvalue weighted by Crippen LogP contribution is -2.41. The molecule has 1 aromatic carbocycles. The molecule has 4 heteroatoms.